The van der Waals surface area contributed by atoms with Crippen LogP contribution in [0.25, 0.3) is 0 Å². The first-order chi connectivity index (χ1) is 8.20. The van der Waals surface area contributed by atoms with E-state index in [1.807, 2.05) is 30.3 Å². The number of halogens is 2. The third-order valence-electron chi connectivity index (χ3n) is 2.18. The highest BCUT2D eigenvalue weighted by Gasteiger charge is 2.07. The lowest BCUT2D eigenvalue weighted by atomic mass is 10.2. The van der Waals surface area contributed by atoms with Crippen LogP contribution in [0.15, 0.2) is 50.9 Å². The fourth-order valence-electron chi connectivity index (χ4n) is 1.34. The molecule has 0 bridgehead atoms. The van der Waals surface area contributed by atoms with Crippen molar-refractivity contribution in [1.29, 1.82) is 0 Å². The average Bonchev–Trinajstić information content (AvgIpc) is 2.32. The van der Waals surface area contributed by atoms with E-state index >= 15 is 0 Å². The first-order valence-electron chi connectivity index (χ1n) is 4.97. The molecular weight excluding hydrogens is 320 g/mol. The molecule has 0 atom stereocenters. The molecule has 0 saturated heterocycles. The van der Waals surface area contributed by atoms with Gasteiger partial charge in [0, 0.05) is 22.1 Å². The maximum absolute atomic E-state index is 6.08. The summed E-state index contributed by atoms with van der Waals surface area (Å²) in [5.41, 5.74) is 6.79. The molecule has 2 nitrogen and oxygen atoms in total. The number of rotatable bonds is 3. The van der Waals surface area contributed by atoms with E-state index in [1.54, 1.807) is 6.20 Å². The fraction of sp³-hybridized carbons (Fsp3) is 0.0833. The summed E-state index contributed by atoms with van der Waals surface area (Å²) in [6.07, 6.45) is 1.73. The van der Waals surface area contributed by atoms with Crippen molar-refractivity contribution in [1.82, 2.24) is 4.98 Å². The van der Waals surface area contributed by atoms with E-state index in [9.17, 15) is 0 Å². The Morgan fingerprint density at radius 1 is 1.35 bits per heavy atom. The molecule has 88 valence electrons. The zero-order chi connectivity index (χ0) is 12.3. The number of pyridine rings is 1. The van der Waals surface area contributed by atoms with Crippen molar-refractivity contribution in [3.63, 3.8) is 0 Å². The minimum absolute atomic E-state index is 0.500. The third-order valence-corrected chi connectivity index (χ3v) is 4.21. The fourth-order valence-corrected chi connectivity index (χ4v) is 3.05. The van der Waals surface area contributed by atoms with E-state index in [0.717, 1.165) is 20.0 Å². The van der Waals surface area contributed by atoms with Crippen LogP contribution in [0.3, 0.4) is 0 Å². The first kappa shape index (κ1) is 12.9. The van der Waals surface area contributed by atoms with Crippen LogP contribution in [0.4, 0.5) is 0 Å². The smallest absolute Gasteiger partial charge is 0.119 e. The molecule has 5 heteroatoms. The Kier molecular flexibility index (Phi) is 4.45. The van der Waals surface area contributed by atoms with Crippen LogP contribution in [-0.4, -0.2) is 4.98 Å². The zero-order valence-electron chi connectivity index (χ0n) is 8.86. The van der Waals surface area contributed by atoms with E-state index in [0.29, 0.717) is 11.6 Å². The molecular formula is C12H10BrClN2S. The molecule has 2 aromatic rings. The number of nitrogens with zero attached hydrogens (tertiary/aromatic N) is 1. The molecule has 1 aromatic carbocycles. The van der Waals surface area contributed by atoms with Gasteiger partial charge < -0.3 is 5.73 Å². The molecule has 0 spiro atoms. The largest absolute Gasteiger partial charge is 0.326 e. The molecule has 0 amide bonds. The number of hydrogen-bond donors (Lipinski definition) is 1. The lowest BCUT2D eigenvalue weighted by Crippen LogP contribution is -1.98. The van der Waals surface area contributed by atoms with Gasteiger partial charge in [-0.25, -0.2) is 4.98 Å². The van der Waals surface area contributed by atoms with Crippen molar-refractivity contribution in [2.45, 2.75) is 16.5 Å². The summed E-state index contributed by atoms with van der Waals surface area (Å²) in [5, 5.41) is 1.45. The highest BCUT2D eigenvalue weighted by atomic mass is 79.9. The van der Waals surface area contributed by atoms with Crippen molar-refractivity contribution >= 4 is 39.3 Å². The normalized spacial score (nSPS) is 10.5. The van der Waals surface area contributed by atoms with Crippen LogP contribution in [0.5, 0.6) is 0 Å². The summed E-state index contributed by atoms with van der Waals surface area (Å²) in [5.74, 6) is 0. The molecule has 2 N–H and O–H groups in total. The van der Waals surface area contributed by atoms with Gasteiger partial charge in [0.25, 0.3) is 0 Å². The van der Waals surface area contributed by atoms with Crippen LogP contribution in [0.2, 0.25) is 5.02 Å². The maximum atomic E-state index is 6.08. The highest BCUT2D eigenvalue weighted by Crippen LogP contribution is 2.34. The second-order valence-corrected chi connectivity index (χ2v) is 5.70. The molecule has 0 fully saturated rings. The zero-order valence-corrected chi connectivity index (χ0v) is 12.0. The Balaban J connectivity index is 2.35. The molecule has 0 aliphatic rings. The van der Waals surface area contributed by atoms with Crippen molar-refractivity contribution in [2.24, 2.45) is 5.73 Å². The molecule has 0 radical (unpaired) electrons. The van der Waals surface area contributed by atoms with Gasteiger partial charge in [-0.3, -0.25) is 0 Å². The van der Waals surface area contributed by atoms with Gasteiger partial charge >= 0.3 is 0 Å². The topological polar surface area (TPSA) is 38.9 Å². The Hall–Kier alpha value is -0.550. The van der Waals surface area contributed by atoms with Crippen molar-refractivity contribution in [3.05, 3.63) is 51.6 Å². The van der Waals surface area contributed by atoms with Gasteiger partial charge in [0.2, 0.25) is 0 Å². The van der Waals surface area contributed by atoms with Gasteiger partial charge in [-0.05, 0) is 29.8 Å². The second-order valence-electron chi connectivity index (χ2n) is 3.35. The molecule has 1 heterocycles. The van der Waals surface area contributed by atoms with Crippen molar-refractivity contribution in [2.75, 3.05) is 0 Å². The van der Waals surface area contributed by atoms with Crippen molar-refractivity contribution < 1.29 is 0 Å². The van der Waals surface area contributed by atoms with Gasteiger partial charge in [-0.1, -0.05) is 45.4 Å². The standard InChI is InChI=1S/C12H10BrClN2S/c13-9-4-3-8(7-15)11(6-9)17-12-10(14)2-1-5-16-12/h1-6H,7,15H2. The first-order valence-corrected chi connectivity index (χ1v) is 6.96. The summed E-state index contributed by atoms with van der Waals surface area (Å²) < 4.78 is 1.02. The molecule has 0 saturated carbocycles. The molecule has 0 unspecified atom stereocenters. The number of benzene rings is 1. The Morgan fingerprint density at radius 3 is 2.88 bits per heavy atom. The van der Waals surface area contributed by atoms with Crippen LogP contribution in [0, 0.1) is 0 Å². The van der Waals surface area contributed by atoms with Gasteiger partial charge in [0.1, 0.15) is 5.03 Å². The quantitative estimate of drug-likeness (QED) is 0.921. The van der Waals surface area contributed by atoms with Crippen LogP contribution in [-0.2, 0) is 6.54 Å². The van der Waals surface area contributed by atoms with E-state index in [2.05, 4.69) is 20.9 Å². The second kappa shape index (κ2) is 5.87. The summed E-state index contributed by atoms with van der Waals surface area (Å²) >= 11 is 11.1. The monoisotopic (exact) mass is 328 g/mol. The van der Waals surface area contributed by atoms with Gasteiger partial charge in [0.05, 0.1) is 5.02 Å². The van der Waals surface area contributed by atoms with E-state index in [-0.39, 0.29) is 0 Å². The summed E-state index contributed by atoms with van der Waals surface area (Å²) in [6, 6.07) is 9.65. The van der Waals surface area contributed by atoms with E-state index in [1.165, 1.54) is 11.8 Å². The SMILES string of the molecule is NCc1ccc(Br)cc1Sc1ncccc1Cl. The molecule has 0 aliphatic heterocycles. The summed E-state index contributed by atoms with van der Waals surface area (Å²) in [7, 11) is 0. The predicted molar refractivity (Wildman–Crippen MR) is 75.4 cm³/mol. The van der Waals surface area contributed by atoms with Gasteiger partial charge in [0.15, 0.2) is 0 Å². The minimum atomic E-state index is 0.500. The molecule has 2 rings (SSSR count). The summed E-state index contributed by atoms with van der Waals surface area (Å²) in [6.45, 7) is 0.500. The number of nitrogens with two attached hydrogens (primary N) is 1. The highest BCUT2D eigenvalue weighted by molar-refractivity contribution is 9.10. The number of hydrogen-bond acceptors (Lipinski definition) is 3. The van der Waals surface area contributed by atoms with E-state index in [4.69, 9.17) is 17.3 Å². The Labute approximate surface area is 118 Å². The lowest BCUT2D eigenvalue weighted by Gasteiger charge is -2.08. The Morgan fingerprint density at radius 2 is 2.18 bits per heavy atom. The molecule has 17 heavy (non-hydrogen) atoms. The molecule has 0 aliphatic carbocycles. The van der Waals surface area contributed by atoms with Crippen LogP contribution in [0.1, 0.15) is 5.56 Å². The van der Waals surface area contributed by atoms with Crippen LogP contribution >= 0.6 is 39.3 Å². The lowest BCUT2D eigenvalue weighted by molar-refractivity contribution is 1.02. The molecule has 1 aromatic heterocycles. The average molecular weight is 330 g/mol. The maximum Gasteiger partial charge on any atom is 0.119 e. The van der Waals surface area contributed by atoms with Gasteiger partial charge in [-0.2, -0.15) is 0 Å². The van der Waals surface area contributed by atoms with Crippen molar-refractivity contribution in [3.8, 4) is 0 Å². The van der Waals surface area contributed by atoms with Gasteiger partial charge in [-0.15, -0.1) is 0 Å². The minimum Gasteiger partial charge on any atom is -0.326 e. The Bertz CT molecular complexity index is 534. The summed E-state index contributed by atoms with van der Waals surface area (Å²) in [4.78, 5) is 5.33. The predicted octanol–water partition coefficient (Wildman–Crippen LogP) is 4.11. The number of aromatic nitrogens is 1. The third kappa shape index (κ3) is 3.22. The van der Waals surface area contributed by atoms with Crippen LogP contribution < -0.4 is 5.73 Å². The van der Waals surface area contributed by atoms with E-state index < -0.39 is 0 Å².